The second kappa shape index (κ2) is 2.32. The summed E-state index contributed by atoms with van der Waals surface area (Å²) < 4.78 is 0.877. The maximum atomic E-state index is 3.89. The Hall–Kier alpha value is -0.0369. The van der Waals surface area contributed by atoms with Gasteiger partial charge >= 0.3 is 56.7 Å². The molecule has 1 aromatic rings. The van der Waals surface area contributed by atoms with Gasteiger partial charge in [0, 0.05) is 0 Å². The van der Waals surface area contributed by atoms with Crippen LogP contribution in [-0.2, 0) is 0 Å². The summed E-state index contributed by atoms with van der Waals surface area (Å²) in [6.45, 7) is 0. The topological polar surface area (TPSA) is 25.8 Å². The van der Waals surface area contributed by atoms with Gasteiger partial charge in [-0.25, -0.2) is 0 Å². The van der Waals surface area contributed by atoms with Crippen molar-refractivity contribution >= 4 is 3.53 Å². The number of nitrogens with zero attached hydrogens (tertiary/aromatic N) is 2. The van der Waals surface area contributed by atoms with Gasteiger partial charge in [-0.2, -0.15) is 0 Å². The van der Waals surface area contributed by atoms with Gasteiger partial charge in [-0.05, 0) is 0 Å². The van der Waals surface area contributed by atoms with Gasteiger partial charge in [0.05, 0.1) is 0 Å². The standard InChI is InChI=1S/C4H3AtN2/c5-4-6-2-1-3-7-4/h1-3H. The van der Waals surface area contributed by atoms with Crippen molar-refractivity contribution in [2.45, 2.75) is 0 Å². The van der Waals surface area contributed by atoms with Gasteiger partial charge in [-0.15, -0.1) is 0 Å². The van der Waals surface area contributed by atoms with Crippen LogP contribution in [0.3, 0.4) is 0 Å². The summed E-state index contributed by atoms with van der Waals surface area (Å²) in [5.74, 6) is 0. The van der Waals surface area contributed by atoms with Crippen LogP contribution in [-0.4, -0.2) is 9.97 Å². The Morgan fingerprint density at radius 2 is 1.86 bits per heavy atom. The van der Waals surface area contributed by atoms with E-state index >= 15 is 0 Å². The van der Waals surface area contributed by atoms with Crippen LogP contribution < -0.4 is 3.53 Å². The van der Waals surface area contributed by atoms with Crippen molar-refractivity contribution in [3.05, 3.63) is 18.5 Å². The first kappa shape index (κ1) is 5.11. The van der Waals surface area contributed by atoms with Crippen molar-refractivity contribution < 1.29 is 24.7 Å². The van der Waals surface area contributed by atoms with Gasteiger partial charge in [0.25, 0.3) is 0 Å². The zero-order valence-corrected chi connectivity index (χ0v) is 6.44. The van der Waals surface area contributed by atoms with Crippen LogP contribution in [0.1, 0.15) is 0 Å². The summed E-state index contributed by atoms with van der Waals surface area (Å²) in [7, 11) is 0. The molecule has 0 atom stereocenters. The van der Waals surface area contributed by atoms with E-state index in [1.807, 2.05) is 6.07 Å². The molecule has 0 fully saturated rings. The second-order valence-electron chi connectivity index (χ2n) is 1.02. The molecule has 0 saturated heterocycles. The van der Waals surface area contributed by atoms with Crippen LogP contribution >= 0.6 is 0 Å². The SMILES string of the molecule is [At]c1ncccn1. The molecular formula is C4H3AtN2. The predicted octanol–water partition coefficient (Wildman–Crippen LogP) is -0.349. The Balaban J connectivity index is 3.02. The van der Waals surface area contributed by atoms with Crippen LogP contribution in [0.2, 0.25) is 0 Å². The first-order valence-corrected chi connectivity index (χ1v) is 3.29. The fraction of sp³-hybridized carbons (Fsp3) is 0. The second-order valence-corrected chi connectivity index (χ2v) is 2.33. The molecule has 0 amide bonds. The first-order chi connectivity index (χ1) is 3.39. The quantitative estimate of drug-likeness (QED) is 0.652. The molecule has 0 saturated carbocycles. The van der Waals surface area contributed by atoms with Crippen LogP contribution in [0.15, 0.2) is 18.5 Å². The number of aromatic nitrogens is 2. The Kier molecular flexibility index (Phi) is 1.69. The van der Waals surface area contributed by atoms with Gasteiger partial charge in [-0.3, -0.25) is 0 Å². The summed E-state index contributed by atoms with van der Waals surface area (Å²) in [5.41, 5.74) is 0. The number of hydrogen-bond acceptors (Lipinski definition) is 2. The molecular weight excluding hydrogens is 286 g/mol. The Morgan fingerprint density at radius 3 is 2.14 bits per heavy atom. The van der Waals surface area contributed by atoms with Crippen LogP contribution in [0, 0.1) is 24.7 Å². The molecule has 1 aromatic heterocycles. The fourth-order valence-corrected chi connectivity index (χ4v) is 0.719. The van der Waals surface area contributed by atoms with E-state index in [0.717, 1.165) is 3.53 Å². The predicted molar refractivity (Wildman–Crippen MR) is 21.7 cm³/mol. The summed E-state index contributed by atoms with van der Waals surface area (Å²) in [6.07, 6.45) is 3.48. The summed E-state index contributed by atoms with van der Waals surface area (Å²) >= 11 is 1.50. The molecule has 0 bridgehead atoms. The third-order valence-electron chi connectivity index (χ3n) is 0.534. The molecule has 3 heteroatoms. The normalized spacial score (nSPS) is 8.71. The third kappa shape index (κ3) is 1.48. The van der Waals surface area contributed by atoms with Gasteiger partial charge < -0.3 is 0 Å². The van der Waals surface area contributed by atoms with E-state index in [2.05, 4.69) is 9.97 Å². The van der Waals surface area contributed by atoms with Crippen molar-refractivity contribution in [1.82, 2.24) is 9.97 Å². The van der Waals surface area contributed by atoms with E-state index in [1.165, 1.54) is 24.7 Å². The monoisotopic (exact) mass is 289 g/mol. The molecule has 0 aliphatic heterocycles. The molecule has 2 nitrogen and oxygen atoms in total. The Morgan fingerprint density at radius 1 is 1.29 bits per heavy atom. The molecule has 0 aliphatic rings. The molecule has 0 aromatic carbocycles. The van der Waals surface area contributed by atoms with Crippen molar-refractivity contribution in [3.63, 3.8) is 0 Å². The molecule has 0 radical (unpaired) electrons. The molecule has 0 spiro atoms. The fourth-order valence-electron chi connectivity index (χ4n) is 0.281. The van der Waals surface area contributed by atoms with Gasteiger partial charge in [0.2, 0.25) is 0 Å². The van der Waals surface area contributed by atoms with Gasteiger partial charge in [0.1, 0.15) is 0 Å². The minimum absolute atomic E-state index is 0.877. The molecule has 7 heavy (non-hydrogen) atoms. The van der Waals surface area contributed by atoms with E-state index < -0.39 is 0 Å². The van der Waals surface area contributed by atoms with Crippen molar-refractivity contribution in [3.8, 4) is 0 Å². The van der Waals surface area contributed by atoms with Crippen LogP contribution in [0.5, 0.6) is 0 Å². The van der Waals surface area contributed by atoms with Crippen molar-refractivity contribution in [2.75, 3.05) is 0 Å². The zero-order valence-electron chi connectivity index (χ0n) is 3.50. The summed E-state index contributed by atoms with van der Waals surface area (Å²) in [6, 6.07) is 1.81. The molecule has 1 rings (SSSR count). The van der Waals surface area contributed by atoms with Crippen LogP contribution in [0.25, 0.3) is 0 Å². The van der Waals surface area contributed by atoms with E-state index in [-0.39, 0.29) is 0 Å². The third-order valence-corrected chi connectivity index (χ3v) is 1.29. The summed E-state index contributed by atoms with van der Waals surface area (Å²) in [5, 5.41) is 0. The average Bonchev–Trinajstić information content (AvgIpc) is 1.69. The average molecular weight is 289 g/mol. The van der Waals surface area contributed by atoms with Crippen LogP contribution in [0.4, 0.5) is 0 Å². The van der Waals surface area contributed by atoms with E-state index in [0.29, 0.717) is 0 Å². The van der Waals surface area contributed by atoms with Crippen molar-refractivity contribution in [2.24, 2.45) is 0 Å². The van der Waals surface area contributed by atoms with E-state index in [4.69, 9.17) is 0 Å². The Labute approximate surface area is 56.8 Å². The maximum absolute atomic E-state index is 3.89. The molecule has 0 aliphatic carbocycles. The molecule has 36 valence electrons. The molecule has 0 N–H and O–H groups in total. The Bertz CT molecular complexity index is 140. The summed E-state index contributed by atoms with van der Waals surface area (Å²) in [4.78, 5) is 7.79. The number of rotatable bonds is 0. The van der Waals surface area contributed by atoms with Crippen molar-refractivity contribution in [1.29, 1.82) is 0 Å². The zero-order chi connectivity index (χ0) is 5.11. The molecule has 1 heterocycles. The first-order valence-electron chi connectivity index (χ1n) is 1.82. The van der Waals surface area contributed by atoms with Gasteiger partial charge in [-0.1, -0.05) is 0 Å². The van der Waals surface area contributed by atoms with E-state index in [9.17, 15) is 0 Å². The molecule has 0 unspecified atom stereocenters. The van der Waals surface area contributed by atoms with Gasteiger partial charge in [0.15, 0.2) is 0 Å². The minimum atomic E-state index is 0.877. The van der Waals surface area contributed by atoms with E-state index in [1.54, 1.807) is 12.4 Å². The number of hydrogen-bond donors (Lipinski definition) is 0.